The molecule has 1 aromatic heterocycles. The summed E-state index contributed by atoms with van der Waals surface area (Å²) in [5.74, 6) is 0.193. The normalized spacial score (nSPS) is 11.7. The topological polar surface area (TPSA) is 66.4 Å². The molecule has 0 atom stereocenters. The van der Waals surface area contributed by atoms with Gasteiger partial charge in [-0.25, -0.2) is 13.1 Å². The number of nitrogens with one attached hydrogen (secondary N) is 1. The number of halogens is 1. The molecule has 0 spiro atoms. The lowest BCUT2D eigenvalue weighted by molar-refractivity contribution is 0.475. The van der Waals surface area contributed by atoms with E-state index in [2.05, 4.69) is 4.72 Å². The van der Waals surface area contributed by atoms with E-state index >= 15 is 0 Å². The Hall–Kier alpha value is -1.08. The summed E-state index contributed by atoms with van der Waals surface area (Å²) in [6.45, 7) is 2.07. The number of phenols is 1. The number of phenolic OH excluding ortho intramolecular Hbond substituents is 1. The zero-order valence-electron chi connectivity index (χ0n) is 10.8. The van der Waals surface area contributed by atoms with Gasteiger partial charge >= 0.3 is 0 Å². The Balaban J connectivity index is 1.97. The van der Waals surface area contributed by atoms with Crippen molar-refractivity contribution < 1.29 is 13.5 Å². The third-order valence-corrected chi connectivity index (χ3v) is 6.23. The summed E-state index contributed by atoms with van der Waals surface area (Å²) in [6.07, 6.45) is 0.553. The van der Waals surface area contributed by atoms with Gasteiger partial charge in [-0.2, -0.15) is 0 Å². The molecule has 0 bridgehead atoms. The minimum atomic E-state index is -3.51. The predicted octanol–water partition coefficient (Wildman–Crippen LogP) is 2.94. The molecule has 0 amide bonds. The molecule has 2 rings (SSSR count). The Morgan fingerprint density at radius 1 is 1.30 bits per heavy atom. The van der Waals surface area contributed by atoms with Gasteiger partial charge in [-0.15, -0.1) is 11.3 Å². The molecule has 1 aromatic carbocycles. The van der Waals surface area contributed by atoms with E-state index in [0.717, 1.165) is 22.5 Å². The third-order valence-electron chi connectivity index (χ3n) is 2.74. The average molecular weight is 332 g/mol. The summed E-state index contributed by atoms with van der Waals surface area (Å²) in [5, 5.41) is 9.17. The monoisotopic (exact) mass is 331 g/mol. The molecule has 0 aliphatic rings. The molecule has 0 radical (unpaired) electrons. The van der Waals surface area contributed by atoms with Crippen LogP contribution < -0.4 is 4.72 Å². The Bertz CT molecular complexity index is 673. The molecule has 1 heterocycles. The number of rotatable bonds is 5. The highest BCUT2D eigenvalue weighted by Crippen LogP contribution is 2.29. The van der Waals surface area contributed by atoms with Crippen molar-refractivity contribution in [3.05, 3.63) is 45.8 Å². The van der Waals surface area contributed by atoms with Crippen LogP contribution in [0.4, 0.5) is 0 Å². The fourth-order valence-electron chi connectivity index (χ4n) is 1.63. The van der Waals surface area contributed by atoms with Gasteiger partial charge in [0, 0.05) is 6.54 Å². The van der Waals surface area contributed by atoms with Gasteiger partial charge in [0.15, 0.2) is 0 Å². The molecular weight excluding hydrogens is 318 g/mol. The zero-order valence-corrected chi connectivity index (χ0v) is 13.1. The van der Waals surface area contributed by atoms with E-state index in [1.807, 2.05) is 0 Å². The van der Waals surface area contributed by atoms with Gasteiger partial charge in [0.2, 0.25) is 10.0 Å². The molecule has 7 heteroatoms. The second-order valence-corrected chi connectivity index (χ2v) is 7.98. The second-order valence-electron chi connectivity index (χ2n) is 4.34. The van der Waals surface area contributed by atoms with Crippen LogP contribution in [0.3, 0.4) is 0 Å². The summed E-state index contributed by atoms with van der Waals surface area (Å²) in [6, 6.07) is 8.24. The molecule has 0 unspecified atom stereocenters. The van der Waals surface area contributed by atoms with Crippen molar-refractivity contribution >= 4 is 33.0 Å². The highest BCUT2D eigenvalue weighted by Gasteiger charge is 2.17. The minimum absolute atomic E-state index is 0.193. The number of aryl methyl sites for hydroxylation is 1. The predicted molar refractivity (Wildman–Crippen MR) is 81.1 cm³/mol. The summed E-state index contributed by atoms with van der Waals surface area (Å²) < 4.78 is 27.3. The Morgan fingerprint density at radius 2 is 1.95 bits per heavy atom. The lowest BCUT2D eigenvalue weighted by Gasteiger charge is -2.05. The van der Waals surface area contributed by atoms with Crippen LogP contribution in [0.5, 0.6) is 5.75 Å². The van der Waals surface area contributed by atoms with Crippen LogP contribution in [0.1, 0.15) is 11.1 Å². The van der Waals surface area contributed by atoms with Gasteiger partial charge in [-0.1, -0.05) is 23.7 Å². The van der Waals surface area contributed by atoms with Crippen molar-refractivity contribution in [2.75, 3.05) is 6.54 Å². The van der Waals surface area contributed by atoms with Crippen LogP contribution in [0.15, 0.2) is 34.5 Å². The first-order valence-corrected chi connectivity index (χ1v) is 8.60. The van der Waals surface area contributed by atoms with Crippen LogP contribution in [0.25, 0.3) is 0 Å². The van der Waals surface area contributed by atoms with Gasteiger partial charge in [0.1, 0.15) is 9.96 Å². The van der Waals surface area contributed by atoms with Crippen molar-refractivity contribution in [1.29, 1.82) is 0 Å². The van der Waals surface area contributed by atoms with Gasteiger partial charge < -0.3 is 5.11 Å². The first-order valence-electron chi connectivity index (χ1n) is 5.92. The van der Waals surface area contributed by atoms with Crippen LogP contribution in [0, 0.1) is 6.92 Å². The third kappa shape index (κ3) is 3.73. The number of thiophene rings is 1. The smallest absolute Gasteiger partial charge is 0.250 e. The largest absolute Gasteiger partial charge is 0.508 e. The number of hydrogen-bond donors (Lipinski definition) is 2. The molecule has 0 fully saturated rings. The molecule has 0 saturated heterocycles. The van der Waals surface area contributed by atoms with E-state index in [1.165, 1.54) is 0 Å². The van der Waals surface area contributed by atoms with Crippen LogP contribution >= 0.6 is 22.9 Å². The van der Waals surface area contributed by atoms with E-state index < -0.39 is 10.0 Å². The standard InChI is InChI=1S/C13H14ClNO3S2/c1-9-8-12(19-13(9)14)20(17,18)15-7-6-10-2-4-11(16)5-3-10/h2-5,8,15-16H,6-7H2,1H3. The molecule has 0 saturated carbocycles. The number of benzene rings is 1. The van der Waals surface area contributed by atoms with Gasteiger partial charge in [-0.05, 0) is 42.7 Å². The Morgan fingerprint density at radius 3 is 2.50 bits per heavy atom. The van der Waals surface area contributed by atoms with E-state index in [-0.39, 0.29) is 9.96 Å². The maximum atomic E-state index is 12.0. The maximum absolute atomic E-state index is 12.0. The Labute approximate surface area is 127 Å². The SMILES string of the molecule is Cc1cc(S(=O)(=O)NCCc2ccc(O)cc2)sc1Cl. The first kappa shape index (κ1) is 15.3. The van der Waals surface area contributed by atoms with Crippen molar-refractivity contribution in [3.63, 3.8) is 0 Å². The van der Waals surface area contributed by atoms with Crippen molar-refractivity contribution in [2.24, 2.45) is 0 Å². The van der Waals surface area contributed by atoms with Gasteiger partial charge in [0.05, 0.1) is 4.34 Å². The van der Waals surface area contributed by atoms with Crippen LogP contribution in [-0.2, 0) is 16.4 Å². The van der Waals surface area contributed by atoms with Crippen LogP contribution in [0.2, 0.25) is 4.34 Å². The molecule has 0 aliphatic heterocycles. The minimum Gasteiger partial charge on any atom is -0.508 e. The second kappa shape index (κ2) is 6.13. The highest BCUT2D eigenvalue weighted by atomic mass is 35.5. The highest BCUT2D eigenvalue weighted by molar-refractivity contribution is 7.91. The first-order chi connectivity index (χ1) is 9.38. The van der Waals surface area contributed by atoms with Crippen molar-refractivity contribution in [3.8, 4) is 5.75 Å². The summed E-state index contributed by atoms with van der Waals surface area (Å²) in [7, 11) is -3.51. The van der Waals surface area contributed by atoms with E-state index in [0.29, 0.717) is 17.3 Å². The van der Waals surface area contributed by atoms with Gasteiger partial charge in [-0.3, -0.25) is 0 Å². The van der Waals surface area contributed by atoms with Gasteiger partial charge in [0.25, 0.3) is 0 Å². The average Bonchev–Trinajstić information content (AvgIpc) is 2.73. The molecule has 4 nitrogen and oxygen atoms in total. The summed E-state index contributed by atoms with van der Waals surface area (Å²) in [5.41, 5.74) is 1.71. The molecule has 0 aliphatic carbocycles. The van der Waals surface area contributed by atoms with Crippen LogP contribution in [-0.4, -0.2) is 20.1 Å². The van der Waals surface area contributed by atoms with Crippen molar-refractivity contribution in [1.82, 2.24) is 4.72 Å². The molecular formula is C13H14ClNO3S2. The summed E-state index contributed by atoms with van der Waals surface area (Å²) >= 11 is 6.93. The summed E-state index contributed by atoms with van der Waals surface area (Å²) in [4.78, 5) is 0. The van der Waals surface area contributed by atoms with Crippen molar-refractivity contribution in [2.45, 2.75) is 17.6 Å². The number of aromatic hydroxyl groups is 1. The fraction of sp³-hybridized carbons (Fsp3) is 0.231. The number of hydrogen-bond acceptors (Lipinski definition) is 4. The Kier molecular flexibility index (Phi) is 4.70. The van der Waals surface area contributed by atoms with E-state index in [4.69, 9.17) is 16.7 Å². The van der Waals surface area contributed by atoms with E-state index in [9.17, 15) is 8.42 Å². The fourth-order valence-corrected chi connectivity index (χ4v) is 4.41. The molecule has 2 N–H and O–H groups in total. The maximum Gasteiger partial charge on any atom is 0.250 e. The molecule has 108 valence electrons. The van der Waals surface area contributed by atoms with E-state index in [1.54, 1.807) is 37.3 Å². The lowest BCUT2D eigenvalue weighted by atomic mass is 10.1. The molecule has 2 aromatic rings. The quantitative estimate of drug-likeness (QED) is 0.885. The lowest BCUT2D eigenvalue weighted by Crippen LogP contribution is -2.25. The molecule has 20 heavy (non-hydrogen) atoms. The zero-order chi connectivity index (χ0) is 14.8. The number of sulfonamides is 1.